The van der Waals surface area contributed by atoms with Gasteiger partial charge in [0.25, 0.3) is 0 Å². The van der Waals surface area contributed by atoms with Gasteiger partial charge in [-0.1, -0.05) is 15.9 Å². The Morgan fingerprint density at radius 2 is 1.89 bits per heavy atom. The number of hydrogen-bond donors (Lipinski definition) is 1. The van der Waals surface area contributed by atoms with Gasteiger partial charge in [0, 0.05) is 17.3 Å². The fourth-order valence-corrected chi connectivity index (χ4v) is 2.29. The molecule has 0 saturated heterocycles. The normalized spacial score (nSPS) is 11.4. The molecule has 102 valence electrons. The molecule has 1 aromatic rings. The van der Waals surface area contributed by atoms with Crippen LogP contribution in [-0.4, -0.2) is 40.1 Å². The van der Waals surface area contributed by atoms with Crippen LogP contribution in [0.1, 0.15) is 6.42 Å². The summed E-state index contributed by atoms with van der Waals surface area (Å²) in [6.07, 6.45) is 1.89. The van der Waals surface area contributed by atoms with Crippen LogP contribution in [0.4, 0.5) is 0 Å². The fraction of sp³-hybridized carbons (Fsp3) is 0.500. The summed E-state index contributed by atoms with van der Waals surface area (Å²) >= 11 is 3.35. The largest absolute Gasteiger partial charge is 0.492 e. The van der Waals surface area contributed by atoms with E-state index in [1.165, 1.54) is 6.26 Å². The van der Waals surface area contributed by atoms with Crippen LogP contribution < -0.4 is 10.1 Å². The quantitative estimate of drug-likeness (QED) is 0.736. The number of rotatable bonds is 8. The zero-order valence-corrected chi connectivity index (χ0v) is 12.8. The summed E-state index contributed by atoms with van der Waals surface area (Å²) < 4.78 is 28.3. The highest BCUT2D eigenvalue weighted by atomic mass is 79.9. The highest BCUT2D eigenvalue weighted by Crippen LogP contribution is 2.15. The standard InChI is InChI=1S/C12H18BrNO3S/c1-18(15,16)10-2-7-14-8-9-17-12-5-3-11(13)4-6-12/h3-6,14H,2,7-10H2,1H3. The van der Waals surface area contributed by atoms with Gasteiger partial charge in [0.1, 0.15) is 22.2 Å². The highest BCUT2D eigenvalue weighted by molar-refractivity contribution is 9.10. The Hall–Kier alpha value is -0.590. The van der Waals surface area contributed by atoms with Crippen molar-refractivity contribution in [2.24, 2.45) is 0 Å². The second-order valence-corrected chi connectivity index (χ2v) is 7.21. The number of hydrogen-bond acceptors (Lipinski definition) is 4. The van der Waals surface area contributed by atoms with Gasteiger partial charge >= 0.3 is 0 Å². The minimum absolute atomic E-state index is 0.230. The lowest BCUT2D eigenvalue weighted by atomic mass is 10.3. The van der Waals surface area contributed by atoms with E-state index < -0.39 is 9.84 Å². The molecule has 0 aliphatic carbocycles. The van der Waals surface area contributed by atoms with Crippen molar-refractivity contribution >= 4 is 25.8 Å². The molecular weight excluding hydrogens is 318 g/mol. The molecular formula is C12H18BrNO3S. The van der Waals surface area contributed by atoms with Gasteiger partial charge in [0.05, 0.1) is 5.75 Å². The average molecular weight is 336 g/mol. The summed E-state index contributed by atoms with van der Waals surface area (Å²) in [6, 6.07) is 7.64. The highest BCUT2D eigenvalue weighted by Gasteiger charge is 2.00. The topological polar surface area (TPSA) is 55.4 Å². The van der Waals surface area contributed by atoms with Crippen molar-refractivity contribution in [3.8, 4) is 5.75 Å². The Morgan fingerprint density at radius 1 is 1.22 bits per heavy atom. The molecule has 0 radical (unpaired) electrons. The van der Waals surface area contributed by atoms with Crippen molar-refractivity contribution in [1.29, 1.82) is 0 Å². The Labute approximate surface area is 117 Å². The lowest BCUT2D eigenvalue weighted by Crippen LogP contribution is -2.23. The van der Waals surface area contributed by atoms with Gasteiger partial charge in [0.2, 0.25) is 0 Å². The average Bonchev–Trinajstić information content (AvgIpc) is 2.29. The van der Waals surface area contributed by atoms with E-state index in [-0.39, 0.29) is 5.75 Å². The molecule has 0 saturated carbocycles. The monoisotopic (exact) mass is 335 g/mol. The molecule has 0 amide bonds. The van der Waals surface area contributed by atoms with Gasteiger partial charge in [-0.25, -0.2) is 8.42 Å². The molecule has 4 nitrogen and oxygen atoms in total. The Balaban J connectivity index is 2.04. The van der Waals surface area contributed by atoms with E-state index >= 15 is 0 Å². The van der Waals surface area contributed by atoms with E-state index in [2.05, 4.69) is 21.2 Å². The van der Waals surface area contributed by atoms with E-state index in [0.717, 1.165) is 10.2 Å². The number of benzene rings is 1. The second-order valence-electron chi connectivity index (χ2n) is 4.04. The first kappa shape index (κ1) is 15.5. The van der Waals surface area contributed by atoms with Gasteiger partial charge in [-0.3, -0.25) is 0 Å². The third-order valence-electron chi connectivity index (χ3n) is 2.23. The maximum absolute atomic E-state index is 10.9. The molecule has 1 rings (SSSR count). The molecule has 0 heterocycles. The van der Waals surface area contributed by atoms with Crippen LogP contribution in [0.15, 0.2) is 28.7 Å². The van der Waals surface area contributed by atoms with Crippen LogP contribution in [0.3, 0.4) is 0 Å². The molecule has 0 aliphatic heterocycles. The van der Waals surface area contributed by atoms with Crippen LogP contribution in [-0.2, 0) is 9.84 Å². The van der Waals surface area contributed by atoms with E-state index in [1.54, 1.807) is 0 Å². The number of ether oxygens (including phenoxy) is 1. The minimum Gasteiger partial charge on any atom is -0.492 e. The molecule has 0 bridgehead atoms. The molecule has 0 fully saturated rings. The lowest BCUT2D eigenvalue weighted by Gasteiger charge is -2.07. The maximum Gasteiger partial charge on any atom is 0.147 e. The van der Waals surface area contributed by atoms with E-state index in [4.69, 9.17) is 4.74 Å². The molecule has 0 aromatic heterocycles. The summed E-state index contributed by atoms with van der Waals surface area (Å²) in [7, 11) is -2.84. The summed E-state index contributed by atoms with van der Waals surface area (Å²) in [5, 5.41) is 3.14. The Morgan fingerprint density at radius 3 is 2.50 bits per heavy atom. The summed E-state index contributed by atoms with van der Waals surface area (Å²) in [6.45, 7) is 1.97. The van der Waals surface area contributed by atoms with Gasteiger partial charge in [-0.05, 0) is 37.2 Å². The van der Waals surface area contributed by atoms with Crippen molar-refractivity contribution in [3.63, 3.8) is 0 Å². The van der Waals surface area contributed by atoms with E-state index in [1.807, 2.05) is 24.3 Å². The summed E-state index contributed by atoms with van der Waals surface area (Å²) in [5.41, 5.74) is 0. The predicted molar refractivity (Wildman–Crippen MR) is 76.8 cm³/mol. The van der Waals surface area contributed by atoms with Crippen molar-refractivity contribution in [3.05, 3.63) is 28.7 Å². The third kappa shape index (κ3) is 7.68. The summed E-state index contributed by atoms with van der Waals surface area (Å²) in [4.78, 5) is 0. The molecule has 6 heteroatoms. The van der Waals surface area contributed by atoms with Crippen molar-refractivity contribution in [2.75, 3.05) is 31.7 Å². The lowest BCUT2D eigenvalue weighted by molar-refractivity contribution is 0.314. The molecule has 0 spiro atoms. The molecule has 0 aliphatic rings. The number of nitrogens with one attached hydrogen (secondary N) is 1. The zero-order valence-electron chi connectivity index (χ0n) is 10.4. The third-order valence-corrected chi connectivity index (χ3v) is 3.79. The zero-order chi connectivity index (χ0) is 13.4. The molecule has 0 atom stereocenters. The SMILES string of the molecule is CS(=O)(=O)CCCNCCOc1ccc(Br)cc1. The first-order chi connectivity index (χ1) is 8.47. The number of halogens is 1. The maximum atomic E-state index is 10.9. The van der Waals surface area contributed by atoms with Crippen LogP contribution in [0.2, 0.25) is 0 Å². The first-order valence-electron chi connectivity index (χ1n) is 5.74. The van der Waals surface area contributed by atoms with Crippen LogP contribution in [0, 0.1) is 0 Å². The molecule has 1 N–H and O–H groups in total. The van der Waals surface area contributed by atoms with Crippen LogP contribution in [0.5, 0.6) is 5.75 Å². The molecule has 0 unspecified atom stereocenters. The van der Waals surface area contributed by atoms with Crippen molar-refractivity contribution in [1.82, 2.24) is 5.32 Å². The minimum atomic E-state index is -2.84. The van der Waals surface area contributed by atoms with Gasteiger partial charge in [-0.15, -0.1) is 0 Å². The fourth-order valence-electron chi connectivity index (χ4n) is 1.36. The Kier molecular flexibility index (Phi) is 6.67. The van der Waals surface area contributed by atoms with Crippen molar-refractivity contribution in [2.45, 2.75) is 6.42 Å². The van der Waals surface area contributed by atoms with Crippen LogP contribution >= 0.6 is 15.9 Å². The first-order valence-corrected chi connectivity index (χ1v) is 8.59. The Bertz CT molecular complexity index is 445. The van der Waals surface area contributed by atoms with E-state index in [0.29, 0.717) is 26.1 Å². The van der Waals surface area contributed by atoms with Gasteiger partial charge in [0.15, 0.2) is 0 Å². The van der Waals surface area contributed by atoms with Gasteiger partial charge < -0.3 is 10.1 Å². The van der Waals surface area contributed by atoms with Crippen molar-refractivity contribution < 1.29 is 13.2 Å². The summed E-state index contributed by atoms with van der Waals surface area (Å²) in [5.74, 6) is 1.06. The predicted octanol–water partition coefficient (Wildman–Crippen LogP) is 1.85. The second kappa shape index (κ2) is 7.76. The molecule has 18 heavy (non-hydrogen) atoms. The smallest absolute Gasteiger partial charge is 0.147 e. The molecule has 1 aromatic carbocycles. The van der Waals surface area contributed by atoms with Gasteiger partial charge in [-0.2, -0.15) is 0 Å². The van der Waals surface area contributed by atoms with E-state index in [9.17, 15) is 8.42 Å². The number of sulfone groups is 1. The van der Waals surface area contributed by atoms with Crippen LogP contribution in [0.25, 0.3) is 0 Å².